The van der Waals surface area contributed by atoms with E-state index in [0.29, 0.717) is 0 Å². The van der Waals surface area contributed by atoms with Gasteiger partial charge in [0.25, 0.3) is 0 Å². The highest BCUT2D eigenvalue weighted by atomic mass is 16.5. The van der Waals surface area contributed by atoms with E-state index in [9.17, 15) is 0 Å². The molecule has 0 saturated heterocycles. The van der Waals surface area contributed by atoms with Crippen LogP contribution in [0.1, 0.15) is 24.2 Å². The molecule has 1 heterocycles. The van der Waals surface area contributed by atoms with Crippen LogP contribution in [0.4, 0.5) is 0 Å². The molecular weight excluding hydrogens is 214 g/mol. The molecule has 2 aromatic rings. The predicted octanol–water partition coefficient (Wildman–Crippen LogP) is 1.96. The number of nitrogens with two attached hydrogens (primary N) is 1. The van der Waals surface area contributed by atoms with Crippen LogP contribution in [0.5, 0.6) is 5.75 Å². The molecule has 0 aliphatic carbocycles. The van der Waals surface area contributed by atoms with E-state index >= 15 is 0 Å². The summed E-state index contributed by atoms with van der Waals surface area (Å²) in [5.74, 6) is 0.886. The topological polar surface area (TPSA) is 53.1 Å². The fourth-order valence-electron chi connectivity index (χ4n) is 1.86. The molecule has 2 rings (SSSR count). The monoisotopic (exact) mass is 231 g/mol. The standard InChI is InChI=1S/C13H17N3O/c1-10(14)12-7-15-9-16(12)8-11-5-3-4-6-13(11)17-2/h3-7,9-10H,8,14H2,1-2H3/t10-/m1/s1. The van der Waals surface area contributed by atoms with Gasteiger partial charge in [0.2, 0.25) is 0 Å². The van der Waals surface area contributed by atoms with Gasteiger partial charge >= 0.3 is 0 Å². The maximum atomic E-state index is 5.89. The molecule has 0 bridgehead atoms. The molecule has 0 aliphatic rings. The van der Waals surface area contributed by atoms with Gasteiger partial charge in [-0.1, -0.05) is 18.2 Å². The largest absolute Gasteiger partial charge is 0.496 e. The molecule has 2 N–H and O–H groups in total. The summed E-state index contributed by atoms with van der Waals surface area (Å²) in [6, 6.07) is 7.94. The van der Waals surface area contributed by atoms with E-state index in [1.54, 1.807) is 19.6 Å². The van der Waals surface area contributed by atoms with E-state index in [-0.39, 0.29) is 6.04 Å². The maximum Gasteiger partial charge on any atom is 0.123 e. The second-order valence-corrected chi connectivity index (χ2v) is 4.05. The maximum absolute atomic E-state index is 5.89. The first-order valence-electron chi connectivity index (χ1n) is 5.60. The Labute approximate surface area is 101 Å². The normalized spacial score (nSPS) is 12.4. The van der Waals surface area contributed by atoms with Crippen molar-refractivity contribution < 1.29 is 4.74 Å². The van der Waals surface area contributed by atoms with Crippen LogP contribution in [0.3, 0.4) is 0 Å². The van der Waals surface area contributed by atoms with Crippen LogP contribution in [-0.4, -0.2) is 16.7 Å². The Bertz CT molecular complexity index is 491. The summed E-state index contributed by atoms with van der Waals surface area (Å²) in [6.07, 6.45) is 3.60. The van der Waals surface area contributed by atoms with Crippen LogP contribution in [-0.2, 0) is 6.54 Å². The van der Waals surface area contributed by atoms with Gasteiger partial charge in [0.15, 0.2) is 0 Å². The summed E-state index contributed by atoms with van der Waals surface area (Å²) in [5.41, 5.74) is 8.04. The minimum absolute atomic E-state index is 0.0211. The second-order valence-electron chi connectivity index (χ2n) is 4.05. The quantitative estimate of drug-likeness (QED) is 0.875. The summed E-state index contributed by atoms with van der Waals surface area (Å²) < 4.78 is 7.37. The van der Waals surface area contributed by atoms with E-state index in [1.807, 2.05) is 35.8 Å². The van der Waals surface area contributed by atoms with Crippen molar-refractivity contribution in [3.63, 3.8) is 0 Å². The van der Waals surface area contributed by atoms with E-state index in [0.717, 1.165) is 23.6 Å². The van der Waals surface area contributed by atoms with Crippen LogP contribution in [0.2, 0.25) is 0 Å². The highest BCUT2D eigenvalue weighted by Gasteiger charge is 2.09. The van der Waals surface area contributed by atoms with Crippen LogP contribution in [0.25, 0.3) is 0 Å². The van der Waals surface area contributed by atoms with E-state index in [2.05, 4.69) is 4.98 Å². The number of hydrogen-bond donors (Lipinski definition) is 1. The van der Waals surface area contributed by atoms with Gasteiger partial charge in [-0.3, -0.25) is 0 Å². The Kier molecular flexibility index (Phi) is 3.44. The first-order chi connectivity index (χ1) is 8.22. The van der Waals surface area contributed by atoms with E-state index in [4.69, 9.17) is 10.5 Å². The van der Waals surface area contributed by atoms with Gasteiger partial charge in [-0.25, -0.2) is 4.98 Å². The van der Waals surface area contributed by atoms with Crippen LogP contribution < -0.4 is 10.5 Å². The van der Waals surface area contributed by atoms with Crippen molar-refractivity contribution in [2.75, 3.05) is 7.11 Å². The zero-order valence-electron chi connectivity index (χ0n) is 10.1. The molecule has 1 atom stereocenters. The van der Waals surface area contributed by atoms with E-state index in [1.165, 1.54) is 0 Å². The molecule has 0 aliphatic heterocycles. The van der Waals surface area contributed by atoms with Crippen molar-refractivity contribution in [2.45, 2.75) is 19.5 Å². The predicted molar refractivity (Wildman–Crippen MR) is 66.9 cm³/mol. The van der Waals surface area contributed by atoms with Gasteiger partial charge in [-0.05, 0) is 13.0 Å². The molecule has 0 amide bonds. The molecule has 0 radical (unpaired) electrons. The fourth-order valence-corrected chi connectivity index (χ4v) is 1.86. The number of nitrogens with zero attached hydrogens (tertiary/aromatic N) is 2. The smallest absolute Gasteiger partial charge is 0.123 e. The van der Waals surface area contributed by atoms with Crippen molar-refractivity contribution in [2.24, 2.45) is 5.73 Å². The van der Waals surface area contributed by atoms with Crippen molar-refractivity contribution in [1.82, 2.24) is 9.55 Å². The number of imidazole rings is 1. The fraction of sp³-hybridized carbons (Fsp3) is 0.308. The molecule has 0 unspecified atom stereocenters. The zero-order valence-corrected chi connectivity index (χ0v) is 10.1. The first kappa shape index (κ1) is 11.7. The van der Waals surface area contributed by atoms with Crippen molar-refractivity contribution in [3.8, 4) is 5.75 Å². The average molecular weight is 231 g/mol. The van der Waals surface area contributed by atoms with E-state index < -0.39 is 0 Å². The Balaban J connectivity index is 2.28. The summed E-state index contributed by atoms with van der Waals surface area (Å²) in [7, 11) is 1.68. The minimum atomic E-state index is -0.0211. The molecule has 4 heteroatoms. The van der Waals surface area contributed by atoms with Crippen molar-refractivity contribution in [3.05, 3.63) is 48.0 Å². The van der Waals surface area contributed by atoms with Crippen molar-refractivity contribution >= 4 is 0 Å². The number of aromatic nitrogens is 2. The van der Waals surface area contributed by atoms with Crippen LogP contribution >= 0.6 is 0 Å². The number of para-hydroxylation sites is 1. The van der Waals surface area contributed by atoms with Gasteiger partial charge < -0.3 is 15.0 Å². The van der Waals surface area contributed by atoms with Crippen molar-refractivity contribution in [1.29, 1.82) is 0 Å². The third-order valence-corrected chi connectivity index (χ3v) is 2.74. The Morgan fingerprint density at radius 1 is 1.41 bits per heavy atom. The molecule has 90 valence electrons. The molecule has 0 saturated carbocycles. The molecule has 17 heavy (non-hydrogen) atoms. The van der Waals surface area contributed by atoms with Crippen LogP contribution in [0, 0.1) is 0 Å². The highest BCUT2D eigenvalue weighted by molar-refractivity contribution is 5.33. The summed E-state index contributed by atoms with van der Waals surface area (Å²) in [5, 5.41) is 0. The third-order valence-electron chi connectivity index (χ3n) is 2.74. The SMILES string of the molecule is COc1ccccc1Cn1cncc1[C@@H](C)N. The molecule has 4 nitrogen and oxygen atoms in total. The van der Waals surface area contributed by atoms with Gasteiger partial charge in [0.1, 0.15) is 5.75 Å². The molecule has 1 aromatic carbocycles. The lowest BCUT2D eigenvalue weighted by atomic mass is 10.2. The first-order valence-corrected chi connectivity index (χ1v) is 5.60. The number of hydrogen-bond acceptors (Lipinski definition) is 3. The Morgan fingerprint density at radius 2 is 2.18 bits per heavy atom. The lowest BCUT2D eigenvalue weighted by Crippen LogP contribution is -2.12. The summed E-state index contributed by atoms with van der Waals surface area (Å²) in [4.78, 5) is 4.14. The third kappa shape index (κ3) is 2.47. The number of rotatable bonds is 4. The number of methoxy groups -OCH3 is 1. The second kappa shape index (κ2) is 5.01. The lowest BCUT2D eigenvalue weighted by molar-refractivity contribution is 0.408. The zero-order chi connectivity index (χ0) is 12.3. The molecule has 0 spiro atoms. The Hall–Kier alpha value is -1.81. The lowest BCUT2D eigenvalue weighted by Gasteiger charge is -2.13. The highest BCUT2D eigenvalue weighted by Crippen LogP contribution is 2.20. The summed E-state index contributed by atoms with van der Waals surface area (Å²) in [6.45, 7) is 2.68. The van der Waals surface area contributed by atoms with Gasteiger partial charge in [-0.2, -0.15) is 0 Å². The summed E-state index contributed by atoms with van der Waals surface area (Å²) >= 11 is 0. The van der Waals surface area contributed by atoms with Gasteiger partial charge in [-0.15, -0.1) is 0 Å². The minimum Gasteiger partial charge on any atom is -0.496 e. The Morgan fingerprint density at radius 3 is 2.88 bits per heavy atom. The molecule has 0 fully saturated rings. The molecule has 1 aromatic heterocycles. The molecular formula is C13H17N3O. The number of ether oxygens (including phenoxy) is 1. The average Bonchev–Trinajstić information content (AvgIpc) is 2.78. The van der Waals surface area contributed by atoms with Crippen LogP contribution in [0.15, 0.2) is 36.8 Å². The van der Waals surface area contributed by atoms with Gasteiger partial charge in [0.05, 0.1) is 25.7 Å². The van der Waals surface area contributed by atoms with Gasteiger partial charge in [0, 0.05) is 17.8 Å². The number of benzene rings is 1.